The molecular formula is C15H11N3O3. The van der Waals surface area contributed by atoms with Crippen molar-refractivity contribution in [1.29, 1.82) is 0 Å². The van der Waals surface area contributed by atoms with Gasteiger partial charge in [0.15, 0.2) is 5.69 Å². The number of esters is 1. The summed E-state index contributed by atoms with van der Waals surface area (Å²) in [4.78, 5) is 23.6. The zero-order valence-electron chi connectivity index (χ0n) is 11.2. The van der Waals surface area contributed by atoms with Gasteiger partial charge in [-0.15, -0.1) is 0 Å². The van der Waals surface area contributed by atoms with Crippen molar-refractivity contribution in [2.24, 2.45) is 0 Å². The van der Waals surface area contributed by atoms with Crippen molar-refractivity contribution < 1.29 is 14.3 Å². The van der Waals surface area contributed by atoms with Crippen LogP contribution >= 0.6 is 0 Å². The Kier molecular flexibility index (Phi) is 3.42. The van der Waals surface area contributed by atoms with Gasteiger partial charge < -0.3 is 9.47 Å². The molecule has 6 nitrogen and oxygen atoms in total. The molecule has 0 aliphatic rings. The van der Waals surface area contributed by atoms with E-state index in [-0.39, 0.29) is 11.6 Å². The number of ether oxygens (including phenoxy) is 2. The van der Waals surface area contributed by atoms with Crippen molar-refractivity contribution in [1.82, 2.24) is 15.0 Å². The number of fused-ring (bicyclic) bond motifs is 1. The van der Waals surface area contributed by atoms with Crippen LogP contribution in [0.1, 0.15) is 10.5 Å². The van der Waals surface area contributed by atoms with Crippen molar-refractivity contribution in [2.75, 3.05) is 7.11 Å². The number of carbonyl (C=O) groups is 1. The van der Waals surface area contributed by atoms with Crippen molar-refractivity contribution in [3.63, 3.8) is 0 Å². The first-order valence-corrected chi connectivity index (χ1v) is 6.19. The Morgan fingerprint density at radius 1 is 1.19 bits per heavy atom. The molecule has 6 heteroatoms. The van der Waals surface area contributed by atoms with Crippen molar-refractivity contribution in [3.05, 3.63) is 54.6 Å². The number of hydrogen-bond acceptors (Lipinski definition) is 6. The van der Waals surface area contributed by atoms with Crippen LogP contribution in [0.15, 0.2) is 48.9 Å². The molecule has 3 aromatic rings. The zero-order chi connectivity index (χ0) is 14.7. The highest BCUT2D eigenvalue weighted by atomic mass is 16.5. The highest BCUT2D eigenvalue weighted by Crippen LogP contribution is 2.23. The van der Waals surface area contributed by atoms with E-state index < -0.39 is 5.97 Å². The van der Waals surface area contributed by atoms with Crippen molar-refractivity contribution in [2.45, 2.75) is 0 Å². The predicted octanol–water partition coefficient (Wildman–Crippen LogP) is 2.60. The molecule has 2 aromatic heterocycles. The number of nitrogens with zero attached hydrogens (tertiary/aromatic N) is 3. The molecule has 0 saturated carbocycles. The van der Waals surface area contributed by atoms with Crippen LogP contribution in [-0.4, -0.2) is 28.0 Å². The van der Waals surface area contributed by atoms with Crippen molar-refractivity contribution in [3.8, 4) is 11.6 Å². The lowest BCUT2D eigenvalue weighted by Gasteiger charge is -2.06. The first-order valence-electron chi connectivity index (χ1n) is 6.19. The minimum Gasteiger partial charge on any atom is -0.464 e. The van der Waals surface area contributed by atoms with Gasteiger partial charge in [0, 0.05) is 17.6 Å². The van der Waals surface area contributed by atoms with E-state index in [1.54, 1.807) is 18.3 Å². The molecule has 0 aliphatic carbocycles. The molecule has 0 fully saturated rings. The number of aromatic nitrogens is 3. The van der Waals surface area contributed by atoms with E-state index in [4.69, 9.17) is 4.74 Å². The van der Waals surface area contributed by atoms with E-state index in [0.717, 1.165) is 10.9 Å². The largest absolute Gasteiger partial charge is 0.464 e. The molecule has 0 spiro atoms. The van der Waals surface area contributed by atoms with Gasteiger partial charge in [0.2, 0.25) is 5.88 Å². The van der Waals surface area contributed by atoms with E-state index in [0.29, 0.717) is 5.75 Å². The monoisotopic (exact) mass is 281 g/mol. The smallest absolute Gasteiger partial charge is 0.358 e. The maximum atomic E-state index is 11.4. The first-order chi connectivity index (χ1) is 10.3. The number of methoxy groups -OCH3 is 1. The normalized spacial score (nSPS) is 10.3. The topological polar surface area (TPSA) is 74.2 Å². The molecule has 0 unspecified atom stereocenters. The Morgan fingerprint density at radius 3 is 2.95 bits per heavy atom. The average Bonchev–Trinajstić information content (AvgIpc) is 2.54. The van der Waals surface area contributed by atoms with Crippen LogP contribution in [0.2, 0.25) is 0 Å². The van der Waals surface area contributed by atoms with E-state index in [1.165, 1.54) is 19.5 Å². The van der Waals surface area contributed by atoms with Crippen LogP contribution < -0.4 is 4.74 Å². The lowest BCUT2D eigenvalue weighted by Crippen LogP contribution is -2.05. The van der Waals surface area contributed by atoms with Crippen LogP contribution in [0.5, 0.6) is 11.6 Å². The second-order valence-corrected chi connectivity index (χ2v) is 4.19. The van der Waals surface area contributed by atoms with Gasteiger partial charge in [-0.05, 0) is 18.2 Å². The SMILES string of the molecule is COC(=O)c1cncc(Oc2ccc3cccnc3c2)n1. The third kappa shape index (κ3) is 2.79. The zero-order valence-corrected chi connectivity index (χ0v) is 11.2. The Bertz CT molecular complexity index is 805. The molecular weight excluding hydrogens is 270 g/mol. The molecule has 0 bridgehead atoms. The Balaban J connectivity index is 1.89. The molecule has 0 saturated heterocycles. The molecule has 0 radical (unpaired) electrons. The fourth-order valence-electron chi connectivity index (χ4n) is 1.83. The quantitative estimate of drug-likeness (QED) is 0.687. The van der Waals surface area contributed by atoms with Crippen LogP contribution in [0.4, 0.5) is 0 Å². The standard InChI is InChI=1S/C15H11N3O3/c1-20-15(19)13-8-16-9-14(18-13)21-11-5-4-10-3-2-6-17-12(10)7-11/h2-9H,1H3. The Labute approximate surface area is 120 Å². The third-order valence-corrected chi connectivity index (χ3v) is 2.81. The number of pyridine rings is 1. The summed E-state index contributed by atoms with van der Waals surface area (Å²) in [5.41, 5.74) is 0.904. The van der Waals surface area contributed by atoms with E-state index >= 15 is 0 Å². The van der Waals surface area contributed by atoms with Gasteiger partial charge >= 0.3 is 5.97 Å². The molecule has 2 heterocycles. The molecule has 3 rings (SSSR count). The Morgan fingerprint density at radius 2 is 2.10 bits per heavy atom. The summed E-state index contributed by atoms with van der Waals surface area (Å²) >= 11 is 0. The number of carbonyl (C=O) groups excluding carboxylic acids is 1. The number of rotatable bonds is 3. The molecule has 0 N–H and O–H groups in total. The van der Waals surface area contributed by atoms with Gasteiger partial charge in [0.05, 0.1) is 25.0 Å². The van der Waals surface area contributed by atoms with E-state index in [9.17, 15) is 4.79 Å². The molecule has 104 valence electrons. The maximum absolute atomic E-state index is 11.4. The minimum absolute atomic E-state index is 0.0916. The van der Waals surface area contributed by atoms with Crippen LogP contribution in [-0.2, 0) is 4.74 Å². The molecule has 1 aromatic carbocycles. The van der Waals surface area contributed by atoms with Crippen molar-refractivity contribution >= 4 is 16.9 Å². The third-order valence-electron chi connectivity index (χ3n) is 2.81. The maximum Gasteiger partial charge on any atom is 0.358 e. The second kappa shape index (κ2) is 5.54. The summed E-state index contributed by atoms with van der Waals surface area (Å²) in [6, 6.07) is 9.32. The summed E-state index contributed by atoms with van der Waals surface area (Å²) in [6.07, 6.45) is 4.46. The molecule has 0 aliphatic heterocycles. The van der Waals surface area contributed by atoms with Gasteiger partial charge in [0.25, 0.3) is 0 Å². The fourth-order valence-corrected chi connectivity index (χ4v) is 1.83. The summed E-state index contributed by atoms with van der Waals surface area (Å²) < 4.78 is 10.2. The van der Waals surface area contributed by atoms with E-state index in [2.05, 4.69) is 19.7 Å². The lowest BCUT2D eigenvalue weighted by molar-refractivity contribution is 0.0592. The molecule has 21 heavy (non-hydrogen) atoms. The van der Waals surface area contributed by atoms with Crippen LogP contribution in [0.25, 0.3) is 10.9 Å². The molecule has 0 atom stereocenters. The van der Waals surface area contributed by atoms with Crippen LogP contribution in [0.3, 0.4) is 0 Å². The predicted molar refractivity (Wildman–Crippen MR) is 75.2 cm³/mol. The fraction of sp³-hybridized carbons (Fsp3) is 0.0667. The summed E-state index contributed by atoms with van der Waals surface area (Å²) in [7, 11) is 1.28. The van der Waals surface area contributed by atoms with Gasteiger partial charge in [-0.3, -0.25) is 9.97 Å². The average molecular weight is 281 g/mol. The van der Waals surface area contributed by atoms with Gasteiger partial charge in [-0.1, -0.05) is 6.07 Å². The van der Waals surface area contributed by atoms with Crippen LogP contribution in [0, 0.1) is 0 Å². The van der Waals surface area contributed by atoms with Gasteiger partial charge in [-0.25, -0.2) is 9.78 Å². The van der Waals surface area contributed by atoms with Gasteiger partial charge in [-0.2, -0.15) is 0 Å². The molecule has 0 amide bonds. The summed E-state index contributed by atoms with van der Waals surface area (Å²) in [5, 5.41) is 1.01. The summed E-state index contributed by atoms with van der Waals surface area (Å²) in [5.74, 6) is 0.221. The highest BCUT2D eigenvalue weighted by Gasteiger charge is 2.09. The lowest BCUT2D eigenvalue weighted by atomic mass is 10.2. The number of benzene rings is 1. The van der Waals surface area contributed by atoms with Gasteiger partial charge in [0.1, 0.15) is 5.75 Å². The Hall–Kier alpha value is -3.02. The second-order valence-electron chi connectivity index (χ2n) is 4.19. The highest BCUT2D eigenvalue weighted by molar-refractivity contribution is 5.86. The summed E-state index contributed by atoms with van der Waals surface area (Å²) in [6.45, 7) is 0. The minimum atomic E-state index is -0.562. The number of hydrogen-bond donors (Lipinski definition) is 0. The van der Waals surface area contributed by atoms with E-state index in [1.807, 2.05) is 18.2 Å². The first kappa shape index (κ1) is 13.0.